The molecule has 0 saturated heterocycles. The molecule has 34 heavy (non-hydrogen) atoms. The number of carbonyl (C=O) groups excluding carboxylic acids is 1. The number of rotatable bonds is 9. The van der Waals surface area contributed by atoms with E-state index in [0.29, 0.717) is 16.3 Å². The quantitative estimate of drug-likeness (QED) is 0.356. The van der Waals surface area contributed by atoms with E-state index in [0.717, 1.165) is 12.8 Å². The summed E-state index contributed by atoms with van der Waals surface area (Å²) in [4.78, 5) is 13.0. The van der Waals surface area contributed by atoms with Crippen LogP contribution in [0.5, 0.6) is 11.5 Å². The molecule has 0 radical (unpaired) electrons. The minimum atomic E-state index is -2.89. The van der Waals surface area contributed by atoms with Crippen LogP contribution >= 0.6 is 11.6 Å². The summed E-state index contributed by atoms with van der Waals surface area (Å²) in [6.07, 6.45) is 1.53. The first-order chi connectivity index (χ1) is 16.2. The number of alkyl halides is 1. The molecule has 1 N–H and O–H groups in total. The van der Waals surface area contributed by atoms with E-state index in [4.69, 9.17) is 21.1 Å². The number of halogens is 3. The molecule has 3 aromatic carbocycles. The first-order valence-electron chi connectivity index (χ1n) is 11.0. The molecule has 1 aliphatic rings. The van der Waals surface area contributed by atoms with Gasteiger partial charge in [-0.1, -0.05) is 48.0 Å². The molecular weight excluding hydrogens is 462 g/mol. The van der Waals surface area contributed by atoms with Crippen LogP contribution in [0.1, 0.15) is 30.9 Å². The van der Waals surface area contributed by atoms with Crippen molar-refractivity contribution in [2.45, 2.75) is 37.5 Å². The van der Waals surface area contributed by atoms with Crippen LogP contribution in [0, 0.1) is 11.7 Å². The van der Waals surface area contributed by atoms with Gasteiger partial charge in [-0.25, -0.2) is 13.6 Å². The fourth-order valence-electron chi connectivity index (χ4n) is 3.78. The highest BCUT2D eigenvalue weighted by molar-refractivity contribution is 6.30. The minimum Gasteiger partial charge on any atom is -0.463 e. The smallest absolute Gasteiger partial charge is 0.351 e. The Morgan fingerprint density at radius 1 is 1.09 bits per heavy atom. The Kier molecular flexibility index (Phi) is 6.91. The number of hydrogen-bond donors (Lipinski definition) is 1. The molecule has 0 bridgehead atoms. The van der Waals surface area contributed by atoms with Gasteiger partial charge in [-0.15, -0.1) is 0 Å². The zero-order chi connectivity index (χ0) is 24.3. The zero-order valence-electron chi connectivity index (χ0n) is 18.6. The van der Waals surface area contributed by atoms with Gasteiger partial charge < -0.3 is 14.6 Å². The Morgan fingerprint density at radius 2 is 1.76 bits per heavy atom. The third-order valence-corrected chi connectivity index (χ3v) is 6.18. The minimum absolute atomic E-state index is 0.0771. The van der Waals surface area contributed by atoms with E-state index in [1.807, 2.05) is 0 Å². The van der Waals surface area contributed by atoms with Crippen LogP contribution in [-0.4, -0.2) is 23.3 Å². The lowest BCUT2D eigenvalue weighted by Gasteiger charge is -2.37. The Morgan fingerprint density at radius 3 is 2.41 bits per heavy atom. The standard InChI is InChI=1S/C27H25ClF2O4/c1-26(32,16-19-9-14-23(29)24(15-19)34-22-5-3-2-4-6-22)27(30,20-10-12-21(28)13-11-20)25(31)33-17-18-7-8-18/h2-6,9-15,18,32H,7-8,16-17H2,1H3/t26?,27-/m0/s1. The molecule has 0 aliphatic heterocycles. The largest absolute Gasteiger partial charge is 0.463 e. The maximum absolute atomic E-state index is 16.6. The van der Waals surface area contributed by atoms with Crippen LogP contribution in [0.3, 0.4) is 0 Å². The second kappa shape index (κ2) is 9.72. The first kappa shape index (κ1) is 24.2. The molecule has 1 unspecified atom stereocenters. The van der Waals surface area contributed by atoms with Crippen LogP contribution in [0.4, 0.5) is 8.78 Å². The number of esters is 1. The first-order valence-corrected chi connectivity index (χ1v) is 11.4. The molecule has 1 saturated carbocycles. The summed E-state index contributed by atoms with van der Waals surface area (Å²) in [5, 5.41) is 11.7. The molecule has 1 aliphatic carbocycles. The van der Waals surface area contributed by atoms with Gasteiger partial charge in [-0.3, -0.25) is 0 Å². The summed E-state index contributed by atoms with van der Waals surface area (Å²) < 4.78 is 41.9. The van der Waals surface area contributed by atoms with E-state index >= 15 is 4.39 Å². The second-order valence-corrected chi connectivity index (χ2v) is 9.27. The molecule has 0 spiro atoms. The number of hydrogen-bond acceptors (Lipinski definition) is 4. The Labute approximate surface area is 202 Å². The van der Waals surface area contributed by atoms with Crippen molar-refractivity contribution in [1.82, 2.24) is 0 Å². The number of benzene rings is 3. The maximum atomic E-state index is 16.6. The number of carbonyl (C=O) groups is 1. The highest BCUT2D eigenvalue weighted by Crippen LogP contribution is 2.42. The Balaban J connectivity index is 1.64. The molecule has 7 heteroatoms. The van der Waals surface area contributed by atoms with Crippen molar-refractivity contribution in [1.29, 1.82) is 0 Å². The molecule has 0 amide bonds. The SMILES string of the molecule is CC(O)(Cc1ccc(F)c(Oc2ccccc2)c1)[C@@](F)(C(=O)OCC1CC1)c1ccc(Cl)cc1. The number of para-hydroxylation sites is 1. The molecule has 0 aromatic heterocycles. The summed E-state index contributed by atoms with van der Waals surface area (Å²) >= 11 is 5.94. The topological polar surface area (TPSA) is 55.8 Å². The van der Waals surface area contributed by atoms with Crippen LogP contribution in [0.2, 0.25) is 5.02 Å². The fraction of sp³-hybridized carbons (Fsp3) is 0.296. The predicted octanol–water partition coefficient (Wildman–Crippen LogP) is 6.38. The highest BCUT2D eigenvalue weighted by Gasteiger charge is 2.57. The van der Waals surface area contributed by atoms with Crippen LogP contribution in [0.15, 0.2) is 72.8 Å². The van der Waals surface area contributed by atoms with Gasteiger partial charge in [0.1, 0.15) is 11.4 Å². The summed E-state index contributed by atoms with van der Waals surface area (Å²) in [7, 11) is 0. The Bertz CT molecular complexity index is 1150. The van der Waals surface area contributed by atoms with Crippen molar-refractivity contribution < 1.29 is 28.2 Å². The van der Waals surface area contributed by atoms with E-state index in [1.165, 1.54) is 49.4 Å². The van der Waals surface area contributed by atoms with Gasteiger partial charge in [0.2, 0.25) is 0 Å². The van der Waals surface area contributed by atoms with Crippen molar-refractivity contribution in [3.8, 4) is 11.5 Å². The third kappa shape index (κ3) is 5.24. The van der Waals surface area contributed by atoms with Gasteiger partial charge >= 0.3 is 5.97 Å². The number of aliphatic hydroxyl groups is 1. The van der Waals surface area contributed by atoms with Gasteiger partial charge in [0.25, 0.3) is 5.67 Å². The maximum Gasteiger partial charge on any atom is 0.351 e. The molecule has 0 heterocycles. The van der Waals surface area contributed by atoms with E-state index in [2.05, 4.69) is 0 Å². The average molecular weight is 487 g/mol. The molecule has 3 aromatic rings. The summed E-state index contributed by atoms with van der Waals surface area (Å²) in [5.74, 6) is -1.21. The lowest BCUT2D eigenvalue weighted by Crippen LogP contribution is -2.54. The van der Waals surface area contributed by atoms with Gasteiger partial charge in [0.05, 0.1) is 6.61 Å². The van der Waals surface area contributed by atoms with Gasteiger partial charge in [0, 0.05) is 17.0 Å². The number of ether oxygens (including phenoxy) is 2. The van der Waals surface area contributed by atoms with Gasteiger partial charge in [-0.2, -0.15) is 0 Å². The van der Waals surface area contributed by atoms with Crippen LogP contribution < -0.4 is 4.74 Å². The van der Waals surface area contributed by atoms with Crippen molar-refractivity contribution in [2.75, 3.05) is 6.61 Å². The molecule has 178 valence electrons. The summed E-state index contributed by atoms with van der Waals surface area (Å²) in [6.45, 7) is 1.32. The van der Waals surface area contributed by atoms with Crippen molar-refractivity contribution in [2.24, 2.45) is 5.92 Å². The van der Waals surface area contributed by atoms with Crippen molar-refractivity contribution >= 4 is 17.6 Å². The second-order valence-electron chi connectivity index (χ2n) is 8.84. The molecule has 2 atom stereocenters. The van der Waals surface area contributed by atoms with Crippen LogP contribution in [0.25, 0.3) is 0 Å². The predicted molar refractivity (Wildman–Crippen MR) is 125 cm³/mol. The normalized spacial score (nSPS) is 16.9. The molecule has 1 fully saturated rings. The third-order valence-electron chi connectivity index (χ3n) is 5.93. The molecule has 4 rings (SSSR count). The summed E-state index contributed by atoms with van der Waals surface area (Å²) in [5.41, 5.74) is -4.82. The van der Waals surface area contributed by atoms with Gasteiger partial charge in [-0.05, 0) is 67.6 Å². The summed E-state index contributed by atoms with van der Waals surface area (Å²) in [6, 6.07) is 18.2. The molecular formula is C27H25ClF2O4. The molecule has 4 nitrogen and oxygen atoms in total. The monoisotopic (exact) mass is 486 g/mol. The van der Waals surface area contributed by atoms with Crippen LogP contribution in [-0.2, 0) is 21.6 Å². The lowest BCUT2D eigenvalue weighted by atomic mass is 9.76. The highest BCUT2D eigenvalue weighted by atomic mass is 35.5. The van der Waals surface area contributed by atoms with Crippen molar-refractivity contribution in [3.63, 3.8) is 0 Å². The van der Waals surface area contributed by atoms with E-state index < -0.39 is 23.1 Å². The van der Waals surface area contributed by atoms with Gasteiger partial charge in [0.15, 0.2) is 11.6 Å². The van der Waals surface area contributed by atoms with E-state index in [-0.39, 0.29) is 30.3 Å². The van der Waals surface area contributed by atoms with Crippen molar-refractivity contribution in [3.05, 3.63) is 94.8 Å². The lowest BCUT2D eigenvalue weighted by molar-refractivity contribution is -0.181. The zero-order valence-corrected chi connectivity index (χ0v) is 19.4. The van der Waals surface area contributed by atoms with E-state index in [1.54, 1.807) is 30.3 Å². The fourth-order valence-corrected chi connectivity index (χ4v) is 3.90. The van der Waals surface area contributed by atoms with E-state index in [9.17, 15) is 14.3 Å². The average Bonchev–Trinajstić information content (AvgIpc) is 3.64. The Hall–Kier alpha value is -2.96.